The highest BCUT2D eigenvalue weighted by Gasteiger charge is 2.36. The molecule has 2 atom stereocenters. The normalized spacial score (nSPS) is 14.8. The first-order valence-corrected chi connectivity index (χ1v) is 16.4. The van der Waals surface area contributed by atoms with Crippen LogP contribution in [0.4, 0.5) is 5.69 Å². The number of carbonyl (C=O) groups is 2. The average molecular weight is 618 g/mol. The molecular formula is C34H36ClN3O4S. The third kappa shape index (κ3) is 6.55. The molecule has 0 spiro atoms. The number of halogens is 1. The van der Waals surface area contributed by atoms with Crippen LogP contribution in [0.25, 0.3) is 10.8 Å². The summed E-state index contributed by atoms with van der Waals surface area (Å²) < 4.78 is 28.3. The van der Waals surface area contributed by atoms with Gasteiger partial charge in [-0.1, -0.05) is 91.3 Å². The van der Waals surface area contributed by atoms with Gasteiger partial charge in [-0.3, -0.25) is 13.9 Å². The summed E-state index contributed by atoms with van der Waals surface area (Å²) in [5.74, 6) is -0.477. The summed E-state index contributed by atoms with van der Waals surface area (Å²) >= 11 is 6.52. The SMILES string of the molecule is CCC(C)NC(=O)C(Cc1ccccc1)N(Cc1ccccc1Cl)C(=O)CCCN1c2cccc3cccc(c23)S1(=O)=O. The van der Waals surface area contributed by atoms with E-state index in [2.05, 4.69) is 5.32 Å². The number of anilines is 1. The number of amides is 2. The Kier molecular flexibility index (Phi) is 9.37. The Hall–Kier alpha value is -3.88. The van der Waals surface area contributed by atoms with Gasteiger partial charge in [-0.15, -0.1) is 0 Å². The molecule has 0 radical (unpaired) electrons. The van der Waals surface area contributed by atoms with Gasteiger partial charge >= 0.3 is 0 Å². The number of carbonyl (C=O) groups excluding carboxylic acids is 2. The molecule has 0 aromatic heterocycles. The van der Waals surface area contributed by atoms with Crippen molar-refractivity contribution in [3.63, 3.8) is 0 Å². The van der Waals surface area contributed by atoms with Crippen molar-refractivity contribution in [2.45, 2.75) is 63.1 Å². The Labute approximate surface area is 258 Å². The van der Waals surface area contributed by atoms with Crippen molar-refractivity contribution in [1.29, 1.82) is 0 Å². The minimum absolute atomic E-state index is 0.0602. The van der Waals surface area contributed by atoms with E-state index in [4.69, 9.17) is 11.6 Å². The summed E-state index contributed by atoms with van der Waals surface area (Å²) in [6.07, 6.45) is 1.43. The Morgan fingerprint density at radius 1 is 0.930 bits per heavy atom. The second kappa shape index (κ2) is 13.2. The van der Waals surface area contributed by atoms with Crippen LogP contribution in [-0.2, 0) is 32.6 Å². The second-order valence-corrected chi connectivity index (χ2v) is 13.2. The monoisotopic (exact) mass is 617 g/mol. The first-order valence-electron chi connectivity index (χ1n) is 14.6. The number of nitrogens with zero attached hydrogens (tertiary/aromatic N) is 2. The van der Waals surface area contributed by atoms with Crippen molar-refractivity contribution >= 4 is 49.9 Å². The maximum atomic E-state index is 14.0. The van der Waals surface area contributed by atoms with E-state index < -0.39 is 16.1 Å². The molecule has 4 aromatic carbocycles. The molecule has 224 valence electrons. The molecule has 0 saturated carbocycles. The Morgan fingerprint density at radius 3 is 2.35 bits per heavy atom. The van der Waals surface area contributed by atoms with E-state index in [9.17, 15) is 18.0 Å². The van der Waals surface area contributed by atoms with Gasteiger partial charge in [-0.2, -0.15) is 0 Å². The van der Waals surface area contributed by atoms with Crippen LogP contribution in [0.5, 0.6) is 0 Å². The van der Waals surface area contributed by atoms with Gasteiger partial charge in [0.1, 0.15) is 6.04 Å². The summed E-state index contributed by atoms with van der Waals surface area (Å²) in [5, 5.41) is 5.14. The number of rotatable bonds is 12. The van der Waals surface area contributed by atoms with Gasteiger partial charge in [0.2, 0.25) is 11.8 Å². The summed E-state index contributed by atoms with van der Waals surface area (Å²) in [5.41, 5.74) is 2.29. The van der Waals surface area contributed by atoms with Gasteiger partial charge in [0, 0.05) is 42.4 Å². The third-order valence-electron chi connectivity index (χ3n) is 8.00. The van der Waals surface area contributed by atoms with Crippen LogP contribution >= 0.6 is 11.6 Å². The molecule has 0 aliphatic carbocycles. The molecule has 1 N–H and O–H groups in total. The molecule has 4 aromatic rings. The lowest BCUT2D eigenvalue weighted by molar-refractivity contribution is -0.141. The number of benzene rings is 4. The first-order chi connectivity index (χ1) is 20.7. The summed E-state index contributed by atoms with van der Waals surface area (Å²) in [6, 6.07) is 26.9. The minimum atomic E-state index is -3.73. The third-order valence-corrected chi connectivity index (χ3v) is 10.2. The van der Waals surface area contributed by atoms with Crippen LogP contribution in [0.15, 0.2) is 95.9 Å². The smallest absolute Gasteiger partial charge is 0.265 e. The standard InChI is InChI=1S/C34H36ClN3O4S/c1-3-24(2)36-34(40)30(22-25-12-5-4-6-13-25)37(23-27-14-7-8-17-28(27)35)32(39)20-11-21-38-29-18-9-15-26-16-10-19-31(33(26)29)43(38,41)42/h4-10,12-19,24,30H,3,11,20-23H2,1-2H3,(H,36,40). The summed E-state index contributed by atoms with van der Waals surface area (Å²) in [7, 11) is -3.73. The molecule has 43 heavy (non-hydrogen) atoms. The lowest BCUT2D eigenvalue weighted by Gasteiger charge is -2.33. The van der Waals surface area contributed by atoms with Gasteiger partial charge in [0.05, 0.1) is 10.6 Å². The molecule has 7 nitrogen and oxygen atoms in total. The van der Waals surface area contributed by atoms with E-state index in [1.165, 1.54) is 4.31 Å². The van der Waals surface area contributed by atoms with Crippen LogP contribution in [0, 0.1) is 0 Å². The van der Waals surface area contributed by atoms with Crippen LogP contribution in [0.1, 0.15) is 44.2 Å². The van der Waals surface area contributed by atoms with E-state index in [-0.39, 0.29) is 48.7 Å². The highest BCUT2D eigenvalue weighted by molar-refractivity contribution is 7.93. The Bertz CT molecular complexity index is 1720. The lowest BCUT2D eigenvalue weighted by Crippen LogP contribution is -2.52. The van der Waals surface area contributed by atoms with Gasteiger partial charge in [-0.05, 0) is 54.5 Å². The van der Waals surface area contributed by atoms with Crippen molar-refractivity contribution in [3.8, 4) is 0 Å². The Morgan fingerprint density at radius 2 is 1.63 bits per heavy atom. The number of sulfonamides is 1. The molecule has 1 heterocycles. The molecule has 0 fully saturated rings. The molecule has 0 saturated heterocycles. The maximum absolute atomic E-state index is 14.0. The zero-order chi connectivity index (χ0) is 30.6. The lowest BCUT2D eigenvalue weighted by atomic mass is 10.0. The molecule has 2 amide bonds. The van der Waals surface area contributed by atoms with E-state index >= 15 is 0 Å². The molecule has 2 unspecified atom stereocenters. The molecule has 1 aliphatic heterocycles. The molecule has 1 aliphatic rings. The second-order valence-electron chi connectivity index (χ2n) is 10.9. The van der Waals surface area contributed by atoms with Gasteiger partial charge in [-0.25, -0.2) is 8.42 Å². The van der Waals surface area contributed by atoms with Crippen molar-refractivity contribution in [2.24, 2.45) is 0 Å². The highest BCUT2D eigenvalue weighted by atomic mass is 35.5. The highest BCUT2D eigenvalue weighted by Crippen LogP contribution is 2.42. The fourth-order valence-electron chi connectivity index (χ4n) is 5.52. The Balaban J connectivity index is 1.41. The minimum Gasteiger partial charge on any atom is -0.352 e. The van der Waals surface area contributed by atoms with Crippen molar-refractivity contribution in [2.75, 3.05) is 10.8 Å². The maximum Gasteiger partial charge on any atom is 0.265 e. The quantitative estimate of drug-likeness (QED) is 0.201. The summed E-state index contributed by atoms with van der Waals surface area (Å²) in [6.45, 7) is 4.22. The predicted molar refractivity (Wildman–Crippen MR) is 172 cm³/mol. The fraction of sp³-hybridized carbons (Fsp3) is 0.294. The van der Waals surface area contributed by atoms with E-state index in [1.54, 1.807) is 29.2 Å². The summed E-state index contributed by atoms with van der Waals surface area (Å²) in [4.78, 5) is 29.6. The van der Waals surface area contributed by atoms with Gasteiger partial charge in [0.15, 0.2) is 0 Å². The van der Waals surface area contributed by atoms with Crippen molar-refractivity contribution in [3.05, 3.63) is 107 Å². The zero-order valence-electron chi connectivity index (χ0n) is 24.4. The average Bonchev–Trinajstić information content (AvgIpc) is 3.23. The van der Waals surface area contributed by atoms with Gasteiger partial charge in [0.25, 0.3) is 10.0 Å². The van der Waals surface area contributed by atoms with E-state index in [0.717, 1.165) is 22.9 Å². The van der Waals surface area contributed by atoms with Crippen LogP contribution in [-0.4, -0.2) is 43.8 Å². The largest absolute Gasteiger partial charge is 0.352 e. The first kappa shape index (κ1) is 30.6. The fourth-order valence-corrected chi connectivity index (χ4v) is 7.47. The van der Waals surface area contributed by atoms with Crippen LogP contribution in [0.3, 0.4) is 0 Å². The molecule has 5 rings (SSSR count). The van der Waals surface area contributed by atoms with E-state index in [0.29, 0.717) is 22.5 Å². The number of hydrogen-bond donors (Lipinski definition) is 1. The predicted octanol–water partition coefficient (Wildman–Crippen LogP) is 6.34. The molecular weight excluding hydrogens is 582 g/mol. The van der Waals surface area contributed by atoms with Crippen LogP contribution < -0.4 is 9.62 Å². The number of nitrogens with one attached hydrogen (secondary N) is 1. The molecule has 9 heteroatoms. The number of hydrogen-bond acceptors (Lipinski definition) is 4. The van der Waals surface area contributed by atoms with Crippen molar-refractivity contribution < 1.29 is 18.0 Å². The van der Waals surface area contributed by atoms with E-state index in [1.807, 2.05) is 80.6 Å². The zero-order valence-corrected chi connectivity index (χ0v) is 25.9. The molecule has 0 bridgehead atoms. The van der Waals surface area contributed by atoms with Crippen molar-refractivity contribution in [1.82, 2.24) is 10.2 Å². The van der Waals surface area contributed by atoms with Crippen LogP contribution in [0.2, 0.25) is 5.02 Å². The topological polar surface area (TPSA) is 86.8 Å². The van der Waals surface area contributed by atoms with Gasteiger partial charge < -0.3 is 10.2 Å².